The smallest absolute Gasteiger partial charge is 0.264 e. The number of hydrogen-bond donors (Lipinski definition) is 1. The van der Waals surface area contributed by atoms with Gasteiger partial charge in [0.15, 0.2) is 0 Å². The zero-order valence-electron chi connectivity index (χ0n) is 27.7. The summed E-state index contributed by atoms with van der Waals surface area (Å²) in [5.74, 6) is -0.753. The van der Waals surface area contributed by atoms with Gasteiger partial charge in [-0.05, 0) is 81.5 Å². The van der Waals surface area contributed by atoms with E-state index in [1.165, 1.54) is 4.31 Å². The predicted octanol–water partition coefficient (Wildman–Crippen LogP) is 6.67. The van der Waals surface area contributed by atoms with Crippen molar-refractivity contribution in [3.05, 3.63) is 130 Å². The number of sulfonamides is 1. The first-order valence-corrected chi connectivity index (χ1v) is 17.2. The summed E-state index contributed by atoms with van der Waals surface area (Å²) in [6.07, 6.45) is 1.000. The molecule has 0 bridgehead atoms. The lowest BCUT2D eigenvalue weighted by Crippen LogP contribution is -2.54. The molecule has 0 aromatic heterocycles. The van der Waals surface area contributed by atoms with E-state index in [2.05, 4.69) is 5.32 Å². The summed E-state index contributed by atoms with van der Waals surface area (Å²) in [7, 11) is -4.16. The van der Waals surface area contributed by atoms with Gasteiger partial charge in [-0.3, -0.25) is 13.9 Å². The second kappa shape index (κ2) is 15.2. The van der Waals surface area contributed by atoms with Gasteiger partial charge < -0.3 is 10.2 Å². The van der Waals surface area contributed by atoms with Crippen molar-refractivity contribution in [2.45, 2.75) is 77.9 Å². The molecule has 0 aliphatic heterocycles. The van der Waals surface area contributed by atoms with E-state index in [0.717, 1.165) is 39.8 Å². The minimum absolute atomic E-state index is 0.0902. The number of nitrogens with one attached hydrogen (secondary N) is 1. The minimum atomic E-state index is -4.16. The van der Waals surface area contributed by atoms with Crippen LogP contribution in [0.2, 0.25) is 0 Å². The summed E-state index contributed by atoms with van der Waals surface area (Å²) >= 11 is 0. The maximum Gasteiger partial charge on any atom is 0.264 e. The Bertz CT molecular complexity index is 1750. The summed E-state index contributed by atoms with van der Waals surface area (Å²) in [6.45, 7) is 11.2. The molecule has 0 saturated carbocycles. The van der Waals surface area contributed by atoms with Crippen molar-refractivity contribution >= 4 is 27.5 Å². The molecule has 0 heterocycles. The zero-order chi connectivity index (χ0) is 33.4. The average Bonchev–Trinajstić information content (AvgIpc) is 3.03. The molecule has 2 unspecified atom stereocenters. The van der Waals surface area contributed by atoms with Crippen LogP contribution in [0.3, 0.4) is 0 Å². The van der Waals surface area contributed by atoms with Gasteiger partial charge in [0.05, 0.1) is 10.6 Å². The topological polar surface area (TPSA) is 86.8 Å². The van der Waals surface area contributed by atoms with Crippen molar-refractivity contribution in [3.8, 4) is 0 Å². The van der Waals surface area contributed by atoms with Gasteiger partial charge in [-0.1, -0.05) is 96.9 Å². The van der Waals surface area contributed by atoms with E-state index in [0.29, 0.717) is 5.69 Å². The molecule has 7 nitrogen and oxygen atoms in total. The lowest BCUT2D eigenvalue weighted by atomic mass is 10.0. The first kappa shape index (κ1) is 34.4. The van der Waals surface area contributed by atoms with Crippen LogP contribution < -0.4 is 9.62 Å². The van der Waals surface area contributed by atoms with Crippen LogP contribution in [0.15, 0.2) is 102 Å². The number of benzene rings is 4. The molecule has 242 valence electrons. The fourth-order valence-electron chi connectivity index (χ4n) is 5.34. The van der Waals surface area contributed by atoms with Crippen LogP contribution in [-0.2, 0) is 32.6 Å². The van der Waals surface area contributed by atoms with Gasteiger partial charge in [0.1, 0.15) is 12.6 Å². The van der Waals surface area contributed by atoms with Crippen LogP contribution >= 0.6 is 0 Å². The van der Waals surface area contributed by atoms with E-state index in [1.54, 1.807) is 35.2 Å². The molecule has 2 atom stereocenters. The molecular weight excluding hydrogens is 595 g/mol. The molecule has 4 aromatic carbocycles. The van der Waals surface area contributed by atoms with Gasteiger partial charge in [-0.15, -0.1) is 0 Å². The van der Waals surface area contributed by atoms with Crippen LogP contribution in [0.1, 0.15) is 53.6 Å². The van der Waals surface area contributed by atoms with Gasteiger partial charge in [-0.2, -0.15) is 0 Å². The first-order chi connectivity index (χ1) is 21.9. The number of amides is 2. The Morgan fingerprint density at radius 2 is 1.39 bits per heavy atom. The minimum Gasteiger partial charge on any atom is -0.352 e. The molecule has 0 fully saturated rings. The molecule has 46 heavy (non-hydrogen) atoms. The van der Waals surface area contributed by atoms with Gasteiger partial charge in [0.2, 0.25) is 11.8 Å². The maximum absolute atomic E-state index is 14.7. The third-order valence-electron chi connectivity index (χ3n) is 8.23. The number of aryl methyl sites for hydroxylation is 4. The molecular formula is C38H45N3O4S. The van der Waals surface area contributed by atoms with Crippen molar-refractivity contribution in [2.24, 2.45) is 0 Å². The van der Waals surface area contributed by atoms with Gasteiger partial charge in [0, 0.05) is 19.0 Å². The molecule has 0 radical (unpaired) electrons. The van der Waals surface area contributed by atoms with E-state index in [1.807, 2.05) is 108 Å². The second-order valence-corrected chi connectivity index (χ2v) is 14.0. The third kappa shape index (κ3) is 8.63. The number of nitrogens with zero attached hydrogens (tertiary/aromatic N) is 2. The van der Waals surface area contributed by atoms with Crippen molar-refractivity contribution in [2.75, 3.05) is 10.8 Å². The van der Waals surface area contributed by atoms with Crippen LogP contribution in [0.4, 0.5) is 5.69 Å². The lowest BCUT2D eigenvalue weighted by Gasteiger charge is -2.34. The maximum atomic E-state index is 14.7. The summed E-state index contributed by atoms with van der Waals surface area (Å²) in [6, 6.07) is 28.6. The molecule has 0 saturated heterocycles. The highest BCUT2D eigenvalue weighted by molar-refractivity contribution is 7.92. The first-order valence-electron chi connectivity index (χ1n) is 15.7. The van der Waals surface area contributed by atoms with E-state index >= 15 is 0 Å². The number of anilines is 1. The normalized spacial score (nSPS) is 12.7. The van der Waals surface area contributed by atoms with E-state index < -0.39 is 28.5 Å². The Labute approximate surface area is 274 Å². The Hall–Kier alpha value is -4.43. The van der Waals surface area contributed by atoms with Crippen molar-refractivity contribution in [3.63, 3.8) is 0 Å². The standard InChI is InChI=1S/C38H45N3O4S/c1-7-31(6)39-38(43)36(24-32-13-9-8-10-14-32)40(25-33-15-11-12-28(3)22-33)37(42)26-41(35-23-29(4)16-19-30(35)5)46(44,45)34-20-17-27(2)18-21-34/h8-23,31,36H,7,24-26H2,1-6H3,(H,39,43). The monoisotopic (exact) mass is 639 g/mol. The zero-order valence-corrected chi connectivity index (χ0v) is 28.5. The van der Waals surface area contributed by atoms with Crippen LogP contribution in [0.25, 0.3) is 0 Å². The summed E-state index contributed by atoms with van der Waals surface area (Å²) in [5, 5.41) is 3.08. The van der Waals surface area contributed by atoms with Crippen LogP contribution in [-0.4, -0.2) is 43.8 Å². The number of carbonyl (C=O) groups excluding carboxylic acids is 2. The van der Waals surface area contributed by atoms with Crippen molar-refractivity contribution in [1.29, 1.82) is 0 Å². The number of hydrogen-bond acceptors (Lipinski definition) is 4. The average molecular weight is 640 g/mol. The van der Waals surface area contributed by atoms with Gasteiger partial charge in [0.25, 0.3) is 10.0 Å². The fraction of sp³-hybridized carbons (Fsp3) is 0.316. The molecule has 8 heteroatoms. The van der Waals surface area contributed by atoms with Crippen LogP contribution in [0.5, 0.6) is 0 Å². The lowest BCUT2D eigenvalue weighted by molar-refractivity contribution is -0.140. The molecule has 2 amide bonds. The highest BCUT2D eigenvalue weighted by atomic mass is 32.2. The molecule has 0 aliphatic rings. The van der Waals surface area contributed by atoms with Gasteiger partial charge in [-0.25, -0.2) is 8.42 Å². The molecule has 4 rings (SSSR count). The number of rotatable bonds is 13. The Balaban J connectivity index is 1.84. The Morgan fingerprint density at radius 1 is 0.761 bits per heavy atom. The van der Waals surface area contributed by atoms with Crippen molar-refractivity contribution < 1.29 is 18.0 Å². The van der Waals surface area contributed by atoms with E-state index in [-0.39, 0.29) is 29.8 Å². The molecule has 4 aromatic rings. The Kier molecular flexibility index (Phi) is 11.4. The third-order valence-corrected chi connectivity index (χ3v) is 10.0. The summed E-state index contributed by atoms with van der Waals surface area (Å²) < 4.78 is 29.8. The van der Waals surface area contributed by atoms with E-state index in [9.17, 15) is 18.0 Å². The molecule has 0 aliphatic carbocycles. The number of carbonyl (C=O) groups is 2. The fourth-order valence-corrected chi connectivity index (χ4v) is 6.81. The molecule has 1 N–H and O–H groups in total. The predicted molar refractivity (Wildman–Crippen MR) is 185 cm³/mol. The Morgan fingerprint density at radius 3 is 2.04 bits per heavy atom. The largest absolute Gasteiger partial charge is 0.352 e. The summed E-state index contributed by atoms with van der Waals surface area (Å²) in [5.41, 5.74) is 5.70. The summed E-state index contributed by atoms with van der Waals surface area (Å²) in [4.78, 5) is 30.3. The second-order valence-electron chi connectivity index (χ2n) is 12.1. The highest BCUT2D eigenvalue weighted by Crippen LogP contribution is 2.29. The van der Waals surface area contributed by atoms with Crippen molar-refractivity contribution in [1.82, 2.24) is 10.2 Å². The van der Waals surface area contributed by atoms with Gasteiger partial charge >= 0.3 is 0 Å². The molecule has 0 spiro atoms. The SMILES string of the molecule is CCC(C)NC(=O)C(Cc1ccccc1)N(Cc1cccc(C)c1)C(=O)CN(c1cc(C)ccc1C)S(=O)(=O)c1ccc(C)cc1. The quantitative estimate of drug-likeness (QED) is 0.177. The highest BCUT2D eigenvalue weighted by Gasteiger charge is 2.35. The van der Waals surface area contributed by atoms with E-state index in [4.69, 9.17) is 0 Å². The van der Waals surface area contributed by atoms with Crippen LogP contribution in [0, 0.1) is 27.7 Å².